The molecular formula is C66H36N2O. The molecule has 0 fully saturated rings. The molecule has 0 bridgehead atoms. The first-order chi connectivity index (χ1) is 34.1. The molecule has 2 aliphatic rings. The van der Waals surface area contributed by atoms with Crippen LogP contribution in [0.2, 0.25) is 0 Å². The maximum atomic E-state index is 15.4. The molecule has 0 aliphatic heterocycles. The monoisotopic (exact) mass is 872 g/mol. The van der Waals surface area contributed by atoms with Gasteiger partial charge in [-0.15, -0.1) is 0 Å². The van der Waals surface area contributed by atoms with Crippen molar-refractivity contribution < 1.29 is 0 Å². The van der Waals surface area contributed by atoms with Gasteiger partial charge in [0.05, 0.1) is 11.0 Å². The fraction of sp³-hybridized carbons (Fsp3) is 0.0303. The highest BCUT2D eigenvalue weighted by Crippen LogP contribution is 2.44. The van der Waals surface area contributed by atoms with Crippen molar-refractivity contribution in [2.75, 3.05) is 0 Å². The van der Waals surface area contributed by atoms with Gasteiger partial charge in [-0.1, -0.05) is 146 Å². The van der Waals surface area contributed by atoms with Crippen LogP contribution in [-0.4, -0.2) is 9.38 Å². The molecule has 0 radical (unpaired) electrons. The molecule has 2 aliphatic carbocycles. The van der Waals surface area contributed by atoms with Crippen molar-refractivity contribution in [2.45, 2.75) is 12.3 Å². The molecule has 1 unspecified atom stereocenters. The molecule has 17 rings (SSSR count). The van der Waals surface area contributed by atoms with Crippen molar-refractivity contribution in [3.63, 3.8) is 0 Å². The van der Waals surface area contributed by atoms with Crippen LogP contribution in [0.25, 0.3) is 154 Å². The van der Waals surface area contributed by atoms with Crippen LogP contribution in [0, 0.1) is 0 Å². The molecule has 0 N–H and O–H groups in total. The van der Waals surface area contributed by atoms with Crippen LogP contribution in [0.15, 0.2) is 193 Å². The van der Waals surface area contributed by atoms with Crippen LogP contribution in [-0.2, 0) is 0 Å². The van der Waals surface area contributed by atoms with E-state index in [0.29, 0.717) is 11.0 Å². The van der Waals surface area contributed by atoms with Gasteiger partial charge in [-0.2, -0.15) is 0 Å². The van der Waals surface area contributed by atoms with E-state index in [4.69, 9.17) is 4.98 Å². The average molecular weight is 873 g/mol. The van der Waals surface area contributed by atoms with E-state index in [9.17, 15) is 0 Å². The predicted molar refractivity (Wildman–Crippen MR) is 291 cm³/mol. The number of pyridine rings is 1. The summed E-state index contributed by atoms with van der Waals surface area (Å²) in [7, 11) is 0. The van der Waals surface area contributed by atoms with Crippen molar-refractivity contribution >= 4 is 131 Å². The van der Waals surface area contributed by atoms with Crippen molar-refractivity contribution in [2.24, 2.45) is 0 Å². The smallest absolute Gasteiger partial charge is 0.264 e. The summed E-state index contributed by atoms with van der Waals surface area (Å²) in [5.74, 6) is 0.228. The highest BCUT2D eigenvalue weighted by Gasteiger charge is 2.26. The number of hydrogen-bond donors (Lipinski definition) is 0. The van der Waals surface area contributed by atoms with E-state index in [1.165, 1.54) is 91.4 Å². The van der Waals surface area contributed by atoms with Gasteiger partial charge >= 0.3 is 0 Å². The zero-order chi connectivity index (χ0) is 44.8. The number of rotatable bonds is 3. The van der Waals surface area contributed by atoms with Crippen LogP contribution < -0.4 is 16.0 Å². The highest BCUT2D eigenvalue weighted by atomic mass is 16.1. The lowest BCUT2D eigenvalue weighted by atomic mass is 9.79. The van der Waals surface area contributed by atoms with E-state index < -0.39 is 0 Å². The normalized spacial score (nSPS) is 14.8. The number of hydrogen-bond acceptors (Lipinski definition) is 2. The van der Waals surface area contributed by atoms with Gasteiger partial charge in [-0.05, 0) is 186 Å². The molecule has 316 valence electrons. The van der Waals surface area contributed by atoms with Gasteiger partial charge in [0, 0.05) is 27.6 Å². The molecule has 3 heteroatoms. The maximum Gasteiger partial charge on any atom is 0.264 e. The van der Waals surface area contributed by atoms with Crippen molar-refractivity contribution in [1.82, 2.24) is 9.38 Å². The fourth-order valence-corrected chi connectivity index (χ4v) is 13.2. The van der Waals surface area contributed by atoms with E-state index in [1.807, 2.05) is 16.5 Å². The molecule has 13 aromatic carbocycles. The Balaban J connectivity index is 0.937. The Hall–Kier alpha value is -8.92. The van der Waals surface area contributed by atoms with E-state index in [-0.39, 0.29) is 11.5 Å². The summed E-state index contributed by atoms with van der Waals surface area (Å²) >= 11 is 0. The van der Waals surface area contributed by atoms with Crippen LogP contribution >= 0.6 is 0 Å². The third-order valence-corrected chi connectivity index (χ3v) is 16.2. The molecule has 2 aromatic heterocycles. The number of aromatic nitrogens is 2. The molecule has 0 amide bonds. The number of benzene rings is 13. The molecular weight excluding hydrogens is 837 g/mol. The van der Waals surface area contributed by atoms with Gasteiger partial charge in [-0.25, -0.2) is 4.98 Å². The first-order valence-corrected chi connectivity index (χ1v) is 24.1. The molecule has 2 heterocycles. The SMILES string of the molecule is O=c1c2cccc3c(-c4cc5ccc6cccc7ccc(c4)c5c67)ccc(c32)c2nc3c(C4=CC5CC=c6cccc7ccc(c5c67)=C4)cc(-c4cc5ccc6cccc7ccc(c4)c5c67)cc3n12. The summed E-state index contributed by atoms with van der Waals surface area (Å²) in [5.41, 5.74) is 10.3. The van der Waals surface area contributed by atoms with Gasteiger partial charge in [0.15, 0.2) is 0 Å². The fourth-order valence-electron chi connectivity index (χ4n) is 13.2. The van der Waals surface area contributed by atoms with Crippen LogP contribution in [0.3, 0.4) is 0 Å². The van der Waals surface area contributed by atoms with E-state index in [1.54, 1.807) is 0 Å². The summed E-state index contributed by atoms with van der Waals surface area (Å²) in [4.78, 5) is 21.0. The summed E-state index contributed by atoms with van der Waals surface area (Å²) in [6.45, 7) is 0. The third-order valence-electron chi connectivity index (χ3n) is 16.2. The molecule has 15 aromatic rings. The standard InChI is InChI=1S/C66H36N2O/c69-66-54-12-4-11-52-51(49-29-43-21-15-37-7-2-8-38-16-22-44(30-49)61(43)58(37)38)25-26-53(63(52)54)65-67-64-55(50-31-45-23-17-39-9-3-10-40-18-24-46(32-50)62(45)59(39)40)33-48(34-56(64)68(65)66)47-27-41-19-13-35-5-1-6-36-14-20-42(28-47)60(41)57(35)36/h1-23,25-34,46H,24H2. The molecule has 1 atom stereocenters. The maximum absolute atomic E-state index is 15.4. The Bertz CT molecular complexity index is 4950. The van der Waals surface area contributed by atoms with E-state index in [0.717, 1.165) is 67.0 Å². The quantitative estimate of drug-likeness (QED) is 0.166. The molecule has 69 heavy (non-hydrogen) atoms. The zero-order valence-corrected chi connectivity index (χ0v) is 37.1. The summed E-state index contributed by atoms with van der Waals surface area (Å²) in [6.07, 6.45) is 8.17. The van der Waals surface area contributed by atoms with Crippen molar-refractivity contribution in [3.05, 3.63) is 220 Å². The second-order valence-electron chi connectivity index (χ2n) is 19.7. The Kier molecular flexibility index (Phi) is 6.69. The van der Waals surface area contributed by atoms with Crippen LogP contribution in [0.1, 0.15) is 23.5 Å². The van der Waals surface area contributed by atoms with E-state index in [2.05, 4.69) is 188 Å². The first kappa shape index (κ1) is 36.2. The van der Waals surface area contributed by atoms with Crippen LogP contribution in [0.4, 0.5) is 0 Å². The van der Waals surface area contributed by atoms with Gasteiger partial charge in [0.2, 0.25) is 0 Å². The minimum Gasteiger partial charge on any atom is -0.268 e. The molecule has 0 saturated carbocycles. The Labute approximate surface area is 393 Å². The number of fused-ring (bicyclic) bond motifs is 4. The average Bonchev–Trinajstić information content (AvgIpc) is 3.80. The van der Waals surface area contributed by atoms with E-state index >= 15 is 4.79 Å². The zero-order valence-electron chi connectivity index (χ0n) is 37.1. The Morgan fingerprint density at radius 3 is 1.67 bits per heavy atom. The largest absolute Gasteiger partial charge is 0.268 e. The topological polar surface area (TPSA) is 34.4 Å². The first-order valence-electron chi connectivity index (χ1n) is 24.1. The number of imidazole rings is 1. The lowest BCUT2D eigenvalue weighted by molar-refractivity contribution is 0.880. The molecule has 3 nitrogen and oxygen atoms in total. The molecule has 0 saturated heterocycles. The van der Waals surface area contributed by atoms with Gasteiger partial charge in [0.1, 0.15) is 5.65 Å². The second kappa shape index (κ2) is 12.7. The van der Waals surface area contributed by atoms with Gasteiger partial charge < -0.3 is 0 Å². The van der Waals surface area contributed by atoms with Gasteiger partial charge in [-0.3, -0.25) is 9.20 Å². The summed E-state index contributed by atoms with van der Waals surface area (Å²) in [5, 5.41) is 24.0. The third kappa shape index (κ3) is 4.71. The minimum atomic E-state index is -0.0512. The minimum absolute atomic E-state index is 0.0512. The summed E-state index contributed by atoms with van der Waals surface area (Å²) < 4.78 is 1.91. The lowest BCUT2D eigenvalue weighted by Gasteiger charge is -2.24. The lowest BCUT2D eigenvalue weighted by Crippen LogP contribution is -2.23. The van der Waals surface area contributed by atoms with Crippen LogP contribution in [0.5, 0.6) is 0 Å². The second-order valence-corrected chi connectivity index (χ2v) is 19.7. The van der Waals surface area contributed by atoms with Crippen molar-refractivity contribution in [1.29, 1.82) is 0 Å². The highest BCUT2D eigenvalue weighted by molar-refractivity contribution is 6.26. The van der Waals surface area contributed by atoms with Crippen molar-refractivity contribution in [3.8, 4) is 22.3 Å². The van der Waals surface area contributed by atoms with Gasteiger partial charge in [0.25, 0.3) is 5.56 Å². The number of allylic oxidation sites excluding steroid dienone is 2. The molecule has 0 spiro atoms. The summed E-state index contributed by atoms with van der Waals surface area (Å²) in [6, 6.07) is 66.9. The Morgan fingerprint density at radius 2 is 0.986 bits per heavy atom. The number of nitrogens with zero attached hydrogens (tertiary/aromatic N) is 2. The Morgan fingerprint density at radius 1 is 0.435 bits per heavy atom. The predicted octanol–water partition coefficient (Wildman–Crippen LogP) is 15.0.